The third kappa shape index (κ3) is 4.18. The van der Waals surface area contributed by atoms with E-state index in [-0.39, 0.29) is 5.78 Å². The molecule has 0 unspecified atom stereocenters. The summed E-state index contributed by atoms with van der Waals surface area (Å²) in [6.45, 7) is 1.51. The zero-order chi connectivity index (χ0) is 14.5. The van der Waals surface area contributed by atoms with Gasteiger partial charge in [-0.3, -0.25) is 9.48 Å². The first kappa shape index (κ1) is 14.8. The van der Waals surface area contributed by atoms with Crippen molar-refractivity contribution in [1.82, 2.24) is 14.7 Å². The summed E-state index contributed by atoms with van der Waals surface area (Å²) in [5, 5.41) is 4.78. The first-order valence-corrected chi connectivity index (χ1v) is 6.87. The lowest BCUT2D eigenvalue weighted by Crippen LogP contribution is -2.21. The highest BCUT2D eigenvalue weighted by Gasteiger charge is 2.08. The fourth-order valence-electron chi connectivity index (χ4n) is 2.02. The summed E-state index contributed by atoms with van der Waals surface area (Å²) in [4.78, 5) is 14.1. The highest BCUT2D eigenvalue weighted by Crippen LogP contribution is 2.11. The second-order valence-electron chi connectivity index (χ2n) is 4.94. The summed E-state index contributed by atoms with van der Waals surface area (Å²) in [6.07, 6.45) is 4.33. The summed E-state index contributed by atoms with van der Waals surface area (Å²) < 4.78 is 1.78. The smallest absolute Gasteiger partial charge is 0.164 e. The molecule has 0 saturated heterocycles. The lowest BCUT2D eigenvalue weighted by Gasteiger charge is -2.14. The van der Waals surface area contributed by atoms with Gasteiger partial charge in [0.15, 0.2) is 5.78 Å². The van der Waals surface area contributed by atoms with Gasteiger partial charge in [0.05, 0.1) is 6.20 Å². The molecule has 0 amide bonds. The van der Waals surface area contributed by atoms with Gasteiger partial charge < -0.3 is 4.90 Å². The number of ketones is 1. The number of halogens is 1. The molecule has 0 aliphatic carbocycles. The van der Waals surface area contributed by atoms with E-state index in [1.54, 1.807) is 28.9 Å². The van der Waals surface area contributed by atoms with Gasteiger partial charge in [0.25, 0.3) is 0 Å². The Kier molecular flexibility index (Phi) is 4.93. The average Bonchev–Trinajstić information content (AvgIpc) is 2.82. The molecule has 0 radical (unpaired) electrons. The zero-order valence-electron chi connectivity index (χ0n) is 11.7. The maximum Gasteiger partial charge on any atom is 0.164 e. The third-order valence-corrected chi connectivity index (χ3v) is 3.35. The largest absolute Gasteiger partial charge is 0.302 e. The minimum atomic E-state index is 0.139. The summed E-state index contributed by atoms with van der Waals surface area (Å²) in [7, 11) is 3.90. The van der Waals surface area contributed by atoms with Crippen LogP contribution in [-0.4, -0.2) is 34.1 Å². The molecule has 106 valence electrons. The quantitative estimate of drug-likeness (QED) is 0.768. The van der Waals surface area contributed by atoms with E-state index in [4.69, 9.17) is 11.6 Å². The number of carbonyl (C=O) groups excluding carboxylic acids is 1. The van der Waals surface area contributed by atoms with E-state index in [2.05, 4.69) is 10.00 Å². The topological polar surface area (TPSA) is 38.1 Å². The number of benzene rings is 1. The van der Waals surface area contributed by atoms with E-state index < -0.39 is 0 Å². The van der Waals surface area contributed by atoms with Crippen molar-refractivity contribution < 1.29 is 4.79 Å². The predicted molar refractivity (Wildman–Crippen MR) is 79.9 cm³/mol. The highest BCUT2D eigenvalue weighted by molar-refractivity contribution is 6.30. The lowest BCUT2D eigenvalue weighted by molar-refractivity contribution is 0.0968. The zero-order valence-corrected chi connectivity index (χ0v) is 12.5. The third-order valence-electron chi connectivity index (χ3n) is 3.10. The number of aromatic nitrogens is 2. The molecule has 20 heavy (non-hydrogen) atoms. The van der Waals surface area contributed by atoms with Gasteiger partial charge in [-0.25, -0.2) is 0 Å². The van der Waals surface area contributed by atoms with Gasteiger partial charge in [-0.15, -0.1) is 0 Å². The van der Waals surface area contributed by atoms with Gasteiger partial charge in [0.1, 0.15) is 0 Å². The van der Waals surface area contributed by atoms with Crippen molar-refractivity contribution in [1.29, 1.82) is 0 Å². The Morgan fingerprint density at radius 2 is 2.05 bits per heavy atom. The molecule has 0 atom stereocenters. The number of hydrogen-bond donors (Lipinski definition) is 0. The number of aryl methyl sites for hydroxylation is 1. The van der Waals surface area contributed by atoms with E-state index >= 15 is 0 Å². The summed E-state index contributed by atoms with van der Waals surface area (Å²) in [6, 6.07) is 7.03. The average molecular weight is 292 g/mol. The molecule has 5 heteroatoms. The molecule has 1 aromatic carbocycles. The Hall–Kier alpha value is -1.65. The molecule has 0 bridgehead atoms. The van der Waals surface area contributed by atoms with Crippen LogP contribution in [-0.2, 0) is 13.6 Å². The van der Waals surface area contributed by atoms with Crippen LogP contribution in [0, 0.1) is 0 Å². The number of nitrogens with zero attached hydrogens (tertiary/aromatic N) is 3. The van der Waals surface area contributed by atoms with Crippen molar-refractivity contribution in [2.75, 3.05) is 13.6 Å². The maximum absolute atomic E-state index is 12.0. The first-order chi connectivity index (χ1) is 9.54. The lowest BCUT2D eigenvalue weighted by atomic mass is 10.1. The molecular weight excluding hydrogens is 274 g/mol. The summed E-state index contributed by atoms with van der Waals surface area (Å²) >= 11 is 5.81. The van der Waals surface area contributed by atoms with E-state index in [9.17, 15) is 4.79 Å². The number of Topliss-reactive ketones (excluding diaryl/α,β-unsaturated/α-hetero) is 1. The van der Waals surface area contributed by atoms with Crippen LogP contribution in [0.5, 0.6) is 0 Å². The standard InChI is InChI=1S/C15H18ClN3O/c1-18(10-12-9-17-19(2)11-12)8-7-15(20)13-3-5-14(16)6-4-13/h3-6,9,11H,7-8,10H2,1-2H3. The molecule has 0 N–H and O–H groups in total. The predicted octanol–water partition coefficient (Wildman–Crippen LogP) is 2.78. The number of carbonyl (C=O) groups is 1. The number of hydrogen-bond acceptors (Lipinski definition) is 3. The Balaban J connectivity index is 1.82. The summed E-state index contributed by atoms with van der Waals surface area (Å²) in [5.41, 5.74) is 1.86. The van der Waals surface area contributed by atoms with Crippen LogP contribution >= 0.6 is 11.6 Å². The Bertz CT molecular complexity index is 577. The molecule has 0 saturated carbocycles. The van der Waals surface area contributed by atoms with Crippen molar-refractivity contribution in [2.45, 2.75) is 13.0 Å². The highest BCUT2D eigenvalue weighted by atomic mass is 35.5. The van der Waals surface area contributed by atoms with Gasteiger partial charge in [0, 0.05) is 48.9 Å². The van der Waals surface area contributed by atoms with Crippen LogP contribution in [0.25, 0.3) is 0 Å². The van der Waals surface area contributed by atoms with Crippen LogP contribution in [0.2, 0.25) is 5.02 Å². The first-order valence-electron chi connectivity index (χ1n) is 6.49. The Labute approximate surface area is 124 Å². The van der Waals surface area contributed by atoms with Crippen molar-refractivity contribution in [3.8, 4) is 0 Å². The van der Waals surface area contributed by atoms with Crippen LogP contribution in [0.1, 0.15) is 22.3 Å². The van der Waals surface area contributed by atoms with Crippen molar-refractivity contribution in [3.63, 3.8) is 0 Å². The monoisotopic (exact) mass is 291 g/mol. The minimum absolute atomic E-state index is 0.139. The van der Waals surface area contributed by atoms with E-state index in [0.29, 0.717) is 17.0 Å². The molecule has 0 fully saturated rings. The van der Waals surface area contributed by atoms with Crippen molar-refractivity contribution in [3.05, 3.63) is 52.8 Å². The van der Waals surface area contributed by atoms with Crippen molar-refractivity contribution in [2.24, 2.45) is 7.05 Å². The van der Waals surface area contributed by atoms with Gasteiger partial charge in [0.2, 0.25) is 0 Å². The molecule has 4 nitrogen and oxygen atoms in total. The second-order valence-corrected chi connectivity index (χ2v) is 5.38. The Morgan fingerprint density at radius 3 is 2.65 bits per heavy atom. The SMILES string of the molecule is CN(CCC(=O)c1ccc(Cl)cc1)Cc1cnn(C)c1. The van der Waals surface area contributed by atoms with Gasteiger partial charge in [-0.1, -0.05) is 11.6 Å². The molecule has 0 spiro atoms. The fourth-order valence-corrected chi connectivity index (χ4v) is 2.14. The van der Waals surface area contributed by atoms with E-state index in [1.165, 1.54) is 0 Å². The molecule has 0 aliphatic rings. The van der Waals surface area contributed by atoms with E-state index in [1.807, 2.05) is 26.5 Å². The molecule has 1 heterocycles. The van der Waals surface area contributed by atoms with Gasteiger partial charge >= 0.3 is 0 Å². The summed E-state index contributed by atoms with van der Waals surface area (Å²) in [5.74, 6) is 0.139. The normalized spacial score (nSPS) is 11.0. The number of rotatable bonds is 6. The molecule has 2 rings (SSSR count). The minimum Gasteiger partial charge on any atom is -0.302 e. The van der Waals surface area contributed by atoms with Gasteiger partial charge in [-0.05, 0) is 31.3 Å². The molecule has 1 aromatic heterocycles. The second kappa shape index (κ2) is 6.68. The van der Waals surface area contributed by atoms with Gasteiger partial charge in [-0.2, -0.15) is 5.10 Å². The Morgan fingerprint density at radius 1 is 1.35 bits per heavy atom. The fraction of sp³-hybridized carbons (Fsp3) is 0.333. The molecular formula is C15H18ClN3O. The van der Waals surface area contributed by atoms with Crippen molar-refractivity contribution >= 4 is 17.4 Å². The van der Waals surface area contributed by atoms with Crippen LogP contribution in [0.15, 0.2) is 36.7 Å². The van der Waals surface area contributed by atoms with Crippen LogP contribution < -0.4 is 0 Å². The van der Waals surface area contributed by atoms with Crippen LogP contribution in [0.4, 0.5) is 0 Å². The van der Waals surface area contributed by atoms with E-state index in [0.717, 1.165) is 18.7 Å². The molecule has 0 aliphatic heterocycles. The molecule has 2 aromatic rings. The maximum atomic E-state index is 12.0. The van der Waals surface area contributed by atoms with Crippen LogP contribution in [0.3, 0.4) is 0 Å².